The van der Waals surface area contributed by atoms with Crippen LogP contribution in [0.15, 0.2) is 47.8 Å². The normalized spacial score (nSPS) is 15.1. The minimum atomic E-state index is -0.232. The quantitative estimate of drug-likeness (QED) is 0.445. The fourth-order valence-corrected chi connectivity index (χ4v) is 5.31. The number of piperazine rings is 1. The van der Waals surface area contributed by atoms with E-state index in [0.717, 1.165) is 41.7 Å². The number of carbonyl (C=O) groups excluding carboxylic acids is 2. The highest BCUT2D eigenvalue weighted by molar-refractivity contribution is 7.09. The zero-order chi connectivity index (χ0) is 26.6. The molecule has 1 aromatic heterocycles. The van der Waals surface area contributed by atoms with Gasteiger partial charge in [-0.3, -0.25) is 9.69 Å². The number of halogens is 1. The molecule has 0 bridgehead atoms. The van der Waals surface area contributed by atoms with Crippen LogP contribution in [0.2, 0.25) is 5.02 Å². The number of rotatable bonds is 7. The highest BCUT2D eigenvalue weighted by atomic mass is 35.5. The van der Waals surface area contributed by atoms with Crippen LogP contribution in [0.5, 0.6) is 11.5 Å². The molecule has 0 radical (unpaired) electrons. The topological polar surface area (TPSA) is 87.2 Å². The molecule has 2 aliphatic heterocycles. The number of fused-ring (bicyclic) bond motifs is 1. The van der Waals surface area contributed by atoms with E-state index in [4.69, 9.17) is 21.1 Å². The summed E-state index contributed by atoms with van der Waals surface area (Å²) in [5.74, 6) is 1.50. The van der Waals surface area contributed by atoms with Crippen LogP contribution in [0.4, 0.5) is 10.5 Å². The van der Waals surface area contributed by atoms with Crippen LogP contribution in [-0.4, -0.2) is 70.6 Å². The van der Waals surface area contributed by atoms with Gasteiger partial charge in [0.25, 0.3) is 5.91 Å². The number of amides is 3. The maximum atomic E-state index is 13.1. The Morgan fingerprint density at radius 2 is 1.82 bits per heavy atom. The summed E-state index contributed by atoms with van der Waals surface area (Å²) in [7, 11) is 0. The lowest BCUT2D eigenvalue weighted by atomic mass is 10.1. The molecule has 38 heavy (non-hydrogen) atoms. The fourth-order valence-electron chi connectivity index (χ4n) is 4.41. The molecular formula is C27H30ClN5O4S. The van der Waals surface area contributed by atoms with Crippen molar-refractivity contribution < 1.29 is 19.1 Å². The van der Waals surface area contributed by atoms with E-state index in [1.165, 1.54) is 11.3 Å². The first-order chi connectivity index (χ1) is 18.4. The van der Waals surface area contributed by atoms with Gasteiger partial charge >= 0.3 is 6.03 Å². The summed E-state index contributed by atoms with van der Waals surface area (Å²) in [6, 6.07) is 12.7. The summed E-state index contributed by atoms with van der Waals surface area (Å²) in [6.45, 7) is 8.11. The Morgan fingerprint density at radius 1 is 1.08 bits per heavy atom. The lowest BCUT2D eigenvalue weighted by Crippen LogP contribution is -2.48. The summed E-state index contributed by atoms with van der Waals surface area (Å²) in [4.78, 5) is 36.5. The predicted octanol–water partition coefficient (Wildman–Crippen LogP) is 4.93. The van der Waals surface area contributed by atoms with Crippen molar-refractivity contribution in [3.8, 4) is 11.5 Å². The number of aromatic nitrogens is 1. The van der Waals surface area contributed by atoms with E-state index in [1.54, 1.807) is 34.5 Å². The average Bonchev–Trinajstić information content (AvgIpc) is 3.58. The summed E-state index contributed by atoms with van der Waals surface area (Å²) in [6.07, 6.45) is 0. The number of thiazole rings is 1. The van der Waals surface area contributed by atoms with Gasteiger partial charge in [-0.25, -0.2) is 9.78 Å². The molecule has 9 nitrogen and oxygen atoms in total. The largest absolute Gasteiger partial charge is 0.454 e. The first kappa shape index (κ1) is 26.3. The minimum Gasteiger partial charge on any atom is -0.454 e. The summed E-state index contributed by atoms with van der Waals surface area (Å²) < 4.78 is 10.9. The third-order valence-electron chi connectivity index (χ3n) is 6.56. The van der Waals surface area contributed by atoms with Gasteiger partial charge in [-0.15, -0.1) is 11.3 Å². The molecule has 5 rings (SSSR count). The van der Waals surface area contributed by atoms with Gasteiger partial charge in [0, 0.05) is 54.9 Å². The molecule has 1 saturated heterocycles. The van der Waals surface area contributed by atoms with Gasteiger partial charge in [0.2, 0.25) is 6.79 Å². The third kappa shape index (κ3) is 6.20. The second-order valence-electron chi connectivity index (χ2n) is 9.54. The number of nitrogens with one attached hydrogen (secondary N) is 1. The molecule has 0 spiro atoms. The predicted molar refractivity (Wildman–Crippen MR) is 147 cm³/mol. The number of anilines is 1. The third-order valence-corrected chi connectivity index (χ3v) is 7.64. The molecule has 200 valence electrons. The van der Waals surface area contributed by atoms with Crippen molar-refractivity contribution in [1.82, 2.24) is 19.7 Å². The average molecular weight is 556 g/mol. The Hall–Kier alpha value is -3.34. The van der Waals surface area contributed by atoms with Crippen molar-refractivity contribution in [2.24, 2.45) is 0 Å². The zero-order valence-corrected chi connectivity index (χ0v) is 22.9. The number of carbonyl (C=O) groups is 2. The SMILES string of the molecule is CC(C)N(Cc1nc(C(=O)N2CCN(Cc3ccc4c(c3)OCO4)CC2)cs1)C(=O)Nc1ccc(Cl)cc1. The number of benzene rings is 2. The lowest BCUT2D eigenvalue weighted by molar-refractivity contribution is 0.0623. The molecule has 0 saturated carbocycles. The van der Waals surface area contributed by atoms with Crippen molar-refractivity contribution >= 4 is 40.6 Å². The van der Waals surface area contributed by atoms with Crippen LogP contribution in [-0.2, 0) is 13.1 Å². The first-order valence-electron chi connectivity index (χ1n) is 12.5. The van der Waals surface area contributed by atoms with E-state index in [1.807, 2.05) is 30.9 Å². The number of ether oxygens (including phenoxy) is 2. The highest BCUT2D eigenvalue weighted by Gasteiger charge is 2.26. The van der Waals surface area contributed by atoms with Gasteiger partial charge in [-0.05, 0) is 55.8 Å². The lowest BCUT2D eigenvalue weighted by Gasteiger charge is -2.34. The van der Waals surface area contributed by atoms with Gasteiger partial charge in [0.15, 0.2) is 11.5 Å². The van der Waals surface area contributed by atoms with Gasteiger partial charge in [-0.1, -0.05) is 17.7 Å². The molecule has 0 aliphatic carbocycles. The Bertz CT molecular complexity index is 1290. The number of nitrogens with zero attached hydrogens (tertiary/aromatic N) is 4. The molecule has 3 heterocycles. The Labute approximate surface area is 230 Å². The van der Waals surface area contributed by atoms with Crippen molar-refractivity contribution in [1.29, 1.82) is 0 Å². The molecule has 2 aromatic carbocycles. The maximum Gasteiger partial charge on any atom is 0.322 e. The molecule has 1 fully saturated rings. The Morgan fingerprint density at radius 3 is 2.55 bits per heavy atom. The van der Waals surface area contributed by atoms with Crippen molar-refractivity contribution in [3.05, 3.63) is 69.1 Å². The molecule has 0 atom stereocenters. The van der Waals surface area contributed by atoms with Crippen LogP contribution in [0, 0.1) is 0 Å². The molecule has 0 unspecified atom stereocenters. The first-order valence-corrected chi connectivity index (χ1v) is 13.8. The van der Waals surface area contributed by atoms with E-state index in [0.29, 0.717) is 36.0 Å². The summed E-state index contributed by atoms with van der Waals surface area (Å²) in [5, 5.41) is 6.01. The second-order valence-corrected chi connectivity index (χ2v) is 10.9. The molecule has 3 amide bonds. The van der Waals surface area contributed by atoms with E-state index in [9.17, 15) is 9.59 Å². The Kier molecular flexibility index (Phi) is 8.01. The van der Waals surface area contributed by atoms with Crippen LogP contribution >= 0.6 is 22.9 Å². The van der Waals surface area contributed by atoms with Crippen LogP contribution in [0.25, 0.3) is 0 Å². The highest BCUT2D eigenvalue weighted by Crippen LogP contribution is 2.33. The number of hydrogen-bond acceptors (Lipinski definition) is 7. The van der Waals surface area contributed by atoms with Crippen LogP contribution < -0.4 is 14.8 Å². The monoisotopic (exact) mass is 555 g/mol. The van der Waals surface area contributed by atoms with Crippen molar-refractivity contribution in [2.75, 3.05) is 38.3 Å². The molecule has 11 heteroatoms. The zero-order valence-electron chi connectivity index (χ0n) is 21.4. The van der Waals surface area contributed by atoms with Gasteiger partial charge in [0.1, 0.15) is 10.7 Å². The number of urea groups is 1. The van der Waals surface area contributed by atoms with E-state index in [2.05, 4.69) is 21.3 Å². The summed E-state index contributed by atoms with van der Waals surface area (Å²) in [5.41, 5.74) is 2.25. The van der Waals surface area contributed by atoms with Gasteiger partial charge in [-0.2, -0.15) is 0 Å². The maximum absolute atomic E-state index is 13.1. The van der Waals surface area contributed by atoms with E-state index >= 15 is 0 Å². The molecular weight excluding hydrogens is 526 g/mol. The molecule has 2 aliphatic rings. The standard InChI is InChI=1S/C27H30ClN5O4S/c1-18(2)33(27(35)29-21-6-4-20(28)5-7-21)15-25-30-22(16-38-25)26(34)32-11-9-31(10-12-32)14-19-3-8-23-24(13-19)37-17-36-23/h3-8,13,16,18H,9-12,14-15,17H2,1-2H3,(H,29,35). The number of hydrogen-bond donors (Lipinski definition) is 1. The van der Waals surface area contributed by atoms with Crippen LogP contribution in [0.1, 0.15) is 34.9 Å². The van der Waals surface area contributed by atoms with Gasteiger partial charge in [0.05, 0.1) is 6.54 Å². The molecule has 1 N–H and O–H groups in total. The Balaban J connectivity index is 1.14. The van der Waals surface area contributed by atoms with Crippen molar-refractivity contribution in [2.45, 2.75) is 33.0 Å². The van der Waals surface area contributed by atoms with E-state index in [-0.39, 0.29) is 24.8 Å². The van der Waals surface area contributed by atoms with Gasteiger partial charge < -0.3 is 24.6 Å². The summed E-state index contributed by atoms with van der Waals surface area (Å²) >= 11 is 7.33. The molecule has 3 aromatic rings. The van der Waals surface area contributed by atoms with E-state index < -0.39 is 0 Å². The smallest absolute Gasteiger partial charge is 0.322 e. The van der Waals surface area contributed by atoms with Crippen molar-refractivity contribution in [3.63, 3.8) is 0 Å². The minimum absolute atomic E-state index is 0.0526. The van der Waals surface area contributed by atoms with Crippen LogP contribution in [0.3, 0.4) is 0 Å². The second kappa shape index (κ2) is 11.6. The fraction of sp³-hybridized carbons (Fsp3) is 0.370.